The van der Waals surface area contributed by atoms with E-state index in [1.54, 1.807) is 0 Å². The summed E-state index contributed by atoms with van der Waals surface area (Å²) < 4.78 is 0. The van der Waals surface area contributed by atoms with E-state index in [1.807, 2.05) is 31.2 Å². The van der Waals surface area contributed by atoms with Crippen molar-refractivity contribution in [1.82, 2.24) is 4.90 Å². The lowest BCUT2D eigenvalue weighted by atomic mass is 10.0. The number of anilines is 1. The van der Waals surface area contributed by atoms with Crippen LogP contribution in [-0.4, -0.2) is 41.7 Å². The number of aliphatic hydroxyl groups excluding tert-OH is 1. The zero-order valence-corrected chi connectivity index (χ0v) is 11.6. The number of hydrogen-bond acceptors (Lipinski definition) is 3. The maximum Gasteiger partial charge on any atom is 0.238 e. The van der Waals surface area contributed by atoms with E-state index >= 15 is 0 Å². The van der Waals surface area contributed by atoms with Gasteiger partial charge in [0.1, 0.15) is 0 Å². The first-order valence-electron chi connectivity index (χ1n) is 6.82. The maximum absolute atomic E-state index is 12.1. The fourth-order valence-corrected chi connectivity index (χ4v) is 2.67. The van der Waals surface area contributed by atoms with Gasteiger partial charge in [-0.15, -0.1) is 0 Å². The zero-order chi connectivity index (χ0) is 13.8. The Morgan fingerprint density at radius 1 is 1.47 bits per heavy atom. The minimum Gasteiger partial charge on any atom is -0.395 e. The standard InChI is InChI=1S/C15H22N2O2/c1-11-5-3-4-6-13(11)16-15(19)9-17-8-7-12(2)14(17)10-18/h3-6,12,14,18H,7-10H2,1-2H3,(H,16,19). The van der Waals surface area contributed by atoms with Gasteiger partial charge in [0.15, 0.2) is 0 Å². The highest BCUT2D eigenvalue weighted by atomic mass is 16.3. The molecule has 1 aliphatic heterocycles. The third-order valence-electron chi connectivity index (χ3n) is 3.95. The maximum atomic E-state index is 12.1. The van der Waals surface area contributed by atoms with E-state index in [-0.39, 0.29) is 18.6 Å². The van der Waals surface area contributed by atoms with Gasteiger partial charge in [0.05, 0.1) is 13.2 Å². The number of rotatable bonds is 4. The molecule has 1 aromatic rings. The van der Waals surface area contributed by atoms with Crippen LogP contribution in [0.25, 0.3) is 0 Å². The van der Waals surface area contributed by atoms with Crippen molar-refractivity contribution in [3.8, 4) is 0 Å². The van der Waals surface area contributed by atoms with Crippen LogP contribution in [0.4, 0.5) is 5.69 Å². The van der Waals surface area contributed by atoms with Crippen LogP contribution in [0.1, 0.15) is 18.9 Å². The van der Waals surface area contributed by atoms with Gasteiger partial charge >= 0.3 is 0 Å². The third-order valence-corrected chi connectivity index (χ3v) is 3.95. The van der Waals surface area contributed by atoms with Gasteiger partial charge in [0.2, 0.25) is 5.91 Å². The second-order valence-electron chi connectivity index (χ2n) is 5.35. The summed E-state index contributed by atoms with van der Waals surface area (Å²) in [6.45, 7) is 5.46. The van der Waals surface area contributed by atoms with Gasteiger partial charge in [0.25, 0.3) is 0 Å². The number of aryl methyl sites for hydroxylation is 1. The molecule has 4 heteroatoms. The Hall–Kier alpha value is -1.39. The summed E-state index contributed by atoms with van der Waals surface area (Å²) in [5.41, 5.74) is 1.92. The Bertz CT molecular complexity index is 448. The predicted octanol–water partition coefficient (Wildman–Crippen LogP) is 1.64. The van der Waals surface area contributed by atoms with Gasteiger partial charge in [-0.3, -0.25) is 9.69 Å². The van der Waals surface area contributed by atoms with Crippen molar-refractivity contribution in [3.63, 3.8) is 0 Å². The van der Waals surface area contributed by atoms with E-state index in [0.717, 1.165) is 24.2 Å². The topological polar surface area (TPSA) is 52.6 Å². The number of nitrogens with zero attached hydrogens (tertiary/aromatic N) is 1. The Morgan fingerprint density at radius 3 is 2.89 bits per heavy atom. The monoisotopic (exact) mass is 262 g/mol. The lowest BCUT2D eigenvalue weighted by molar-refractivity contribution is -0.117. The van der Waals surface area contributed by atoms with Crippen LogP contribution in [0.15, 0.2) is 24.3 Å². The summed E-state index contributed by atoms with van der Waals surface area (Å²) in [6.07, 6.45) is 1.04. The third kappa shape index (κ3) is 3.33. The molecule has 0 aromatic heterocycles. The summed E-state index contributed by atoms with van der Waals surface area (Å²) >= 11 is 0. The Kier molecular flexibility index (Phi) is 4.56. The lowest BCUT2D eigenvalue weighted by Gasteiger charge is -2.24. The van der Waals surface area contributed by atoms with Crippen molar-refractivity contribution in [2.75, 3.05) is 25.0 Å². The van der Waals surface area contributed by atoms with Crippen LogP contribution < -0.4 is 5.32 Å². The van der Waals surface area contributed by atoms with Crippen molar-refractivity contribution in [2.45, 2.75) is 26.3 Å². The molecule has 2 atom stereocenters. The van der Waals surface area contributed by atoms with Gasteiger partial charge < -0.3 is 10.4 Å². The molecule has 19 heavy (non-hydrogen) atoms. The SMILES string of the molecule is Cc1ccccc1NC(=O)CN1CCC(C)C1CO. The number of carbonyl (C=O) groups is 1. The highest BCUT2D eigenvalue weighted by Crippen LogP contribution is 2.23. The Morgan fingerprint density at radius 2 is 2.21 bits per heavy atom. The Balaban J connectivity index is 1.93. The summed E-state index contributed by atoms with van der Waals surface area (Å²) in [5, 5.41) is 12.3. The number of para-hydroxylation sites is 1. The number of hydrogen-bond donors (Lipinski definition) is 2. The molecule has 0 radical (unpaired) electrons. The molecule has 1 saturated heterocycles. The highest BCUT2D eigenvalue weighted by Gasteiger charge is 2.31. The molecule has 1 amide bonds. The largest absolute Gasteiger partial charge is 0.395 e. The number of benzene rings is 1. The van der Waals surface area contributed by atoms with Crippen molar-refractivity contribution < 1.29 is 9.90 Å². The minimum atomic E-state index is -0.0122. The first-order valence-corrected chi connectivity index (χ1v) is 6.82. The van der Waals surface area contributed by atoms with Gasteiger partial charge in [-0.05, 0) is 37.4 Å². The number of likely N-dealkylation sites (tertiary alicyclic amines) is 1. The van der Waals surface area contributed by atoms with E-state index in [9.17, 15) is 9.90 Å². The molecule has 0 aliphatic carbocycles. The molecule has 1 aromatic carbocycles. The highest BCUT2D eigenvalue weighted by molar-refractivity contribution is 5.92. The lowest BCUT2D eigenvalue weighted by Crippen LogP contribution is -2.40. The van der Waals surface area contributed by atoms with E-state index < -0.39 is 0 Å². The number of amides is 1. The first kappa shape index (κ1) is 14.0. The normalized spacial score (nSPS) is 23.5. The molecule has 2 unspecified atom stereocenters. The molecule has 1 aliphatic rings. The molecular weight excluding hydrogens is 240 g/mol. The molecule has 0 spiro atoms. The summed E-state index contributed by atoms with van der Waals surface area (Å²) in [4.78, 5) is 14.1. The van der Waals surface area contributed by atoms with Crippen molar-refractivity contribution in [3.05, 3.63) is 29.8 Å². The van der Waals surface area contributed by atoms with Crippen LogP contribution in [0.2, 0.25) is 0 Å². The molecule has 4 nitrogen and oxygen atoms in total. The minimum absolute atomic E-state index is 0.0122. The van der Waals surface area contributed by atoms with Crippen LogP contribution in [0.3, 0.4) is 0 Å². The van der Waals surface area contributed by atoms with E-state index in [2.05, 4.69) is 17.1 Å². The summed E-state index contributed by atoms with van der Waals surface area (Å²) in [5.74, 6) is 0.443. The fourth-order valence-electron chi connectivity index (χ4n) is 2.67. The average molecular weight is 262 g/mol. The van der Waals surface area contributed by atoms with Crippen molar-refractivity contribution >= 4 is 11.6 Å². The summed E-state index contributed by atoms with van der Waals surface area (Å²) in [6, 6.07) is 7.86. The van der Waals surface area contributed by atoms with Crippen LogP contribution in [0, 0.1) is 12.8 Å². The van der Waals surface area contributed by atoms with Gasteiger partial charge in [-0.2, -0.15) is 0 Å². The zero-order valence-electron chi connectivity index (χ0n) is 11.6. The summed E-state index contributed by atoms with van der Waals surface area (Å²) in [7, 11) is 0. The molecule has 0 bridgehead atoms. The fraction of sp³-hybridized carbons (Fsp3) is 0.533. The van der Waals surface area contributed by atoms with E-state index in [0.29, 0.717) is 12.5 Å². The van der Waals surface area contributed by atoms with Crippen LogP contribution in [-0.2, 0) is 4.79 Å². The smallest absolute Gasteiger partial charge is 0.238 e. The second kappa shape index (κ2) is 6.17. The average Bonchev–Trinajstić information content (AvgIpc) is 2.72. The molecule has 2 rings (SSSR count). The molecule has 0 saturated carbocycles. The van der Waals surface area contributed by atoms with Crippen LogP contribution >= 0.6 is 0 Å². The molecular formula is C15H22N2O2. The van der Waals surface area contributed by atoms with Gasteiger partial charge in [-0.25, -0.2) is 0 Å². The molecule has 2 N–H and O–H groups in total. The number of carbonyl (C=O) groups excluding carboxylic acids is 1. The van der Waals surface area contributed by atoms with Crippen molar-refractivity contribution in [1.29, 1.82) is 0 Å². The predicted molar refractivity (Wildman–Crippen MR) is 76.0 cm³/mol. The van der Waals surface area contributed by atoms with Gasteiger partial charge in [-0.1, -0.05) is 25.1 Å². The van der Waals surface area contributed by atoms with E-state index in [1.165, 1.54) is 0 Å². The molecule has 104 valence electrons. The number of nitrogens with one attached hydrogen (secondary N) is 1. The first-order chi connectivity index (χ1) is 9.11. The van der Waals surface area contributed by atoms with Crippen LogP contribution in [0.5, 0.6) is 0 Å². The Labute approximate surface area is 114 Å². The number of aliphatic hydroxyl groups is 1. The molecule has 1 heterocycles. The van der Waals surface area contributed by atoms with Crippen molar-refractivity contribution in [2.24, 2.45) is 5.92 Å². The second-order valence-corrected chi connectivity index (χ2v) is 5.35. The quantitative estimate of drug-likeness (QED) is 0.867. The van der Waals surface area contributed by atoms with E-state index in [4.69, 9.17) is 0 Å². The van der Waals surface area contributed by atoms with Gasteiger partial charge in [0, 0.05) is 11.7 Å². The molecule has 1 fully saturated rings.